The summed E-state index contributed by atoms with van der Waals surface area (Å²) in [6.07, 6.45) is -0.690. The Kier molecular flexibility index (Phi) is 6.31. The Morgan fingerprint density at radius 3 is 2.39 bits per heavy atom. The SMILES string of the molecule is O=C(Nc1cc(-c2cncnc2)cc2c1C(c1cc(F)ccc1Cl)NC2=O)c1cc(F)cc(C(F)(F)F)c1. The molecule has 1 atom stereocenters. The van der Waals surface area contributed by atoms with Crippen LogP contribution in [0.25, 0.3) is 11.1 Å². The molecule has 2 amide bonds. The van der Waals surface area contributed by atoms with Gasteiger partial charge >= 0.3 is 6.18 Å². The zero-order valence-electron chi connectivity index (χ0n) is 18.9. The number of hydrogen-bond acceptors (Lipinski definition) is 4. The number of fused-ring (bicyclic) bond motifs is 1. The van der Waals surface area contributed by atoms with Crippen molar-refractivity contribution in [3.8, 4) is 11.1 Å². The van der Waals surface area contributed by atoms with Gasteiger partial charge in [0.05, 0.1) is 11.6 Å². The molecule has 0 aliphatic carbocycles. The second-order valence-electron chi connectivity index (χ2n) is 8.36. The minimum atomic E-state index is -4.89. The third-order valence-corrected chi connectivity index (χ3v) is 6.23. The van der Waals surface area contributed by atoms with Crippen LogP contribution >= 0.6 is 11.6 Å². The predicted octanol–water partition coefficient (Wildman–Crippen LogP) is 6.18. The maximum absolute atomic E-state index is 14.1. The van der Waals surface area contributed by atoms with Gasteiger partial charge in [0.1, 0.15) is 18.0 Å². The molecule has 0 fully saturated rings. The van der Waals surface area contributed by atoms with Gasteiger partial charge in [-0.25, -0.2) is 18.7 Å². The standard InChI is InChI=1S/C26H14ClF5N4O2/c27-20-2-1-16(28)8-18(20)23-22-19(25(38)36-23)5-12(14-9-33-11-34-10-14)6-21(22)35-24(37)13-3-15(26(30,31)32)7-17(29)4-13/h1-11,23H,(H,35,37)(H,36,38). The van der Waals surface area contributed by atoms with E-state index in [1.54, 1.807) is 0 Å². The Bertz CT molecular complexity index is 1600. The molecule has 0 radical (unpaired) electrons. The molecule has 2 N–H and O–H groups in total. The molecule has 4 aromatic rings. The van der Waals surface area contributed by atoms with Crippen LogP contribution in [0.15, 0.2) is 67.3 Å². The number of hydrogen-bond donors (Lipinski definition) is 2. The van der Waals surface area contributed by atoms with E-state index in [0.717, 1.165) is 12.1 Å². The molecule has 0 saturated carbocycles. The molecule has 6 nitrogen and oxygen atoms in total. The first kappa shape index (κ1) is 25.3. The summed E-state index contributed by atoms with van der Waals surface area (Å²) in [5.41, 5.74) is -0.581. The topological polar surface area (TPSA) is 84.0 Å². The Morgan fingerprint density at radius 2 is 1.68 bits per heavy atom. The normalized spacial score (nSPS) is 14.7. The van der Waals surface area contributed by atoms with E-state index < -0.39 is 46.8 Å². The van der Waals surface area contributed by atoms with Gasteiger partial charge in [0.15, 0.2) is 0 Å². The zero-order valence-corrected chi connectivity index (χ0v) is 19.7. The van der Waals surface area contributed by atoms with Gasteiger partial charge < -0.3 is 10.6 Å². The van der Waals surface area contributed by atoms with Gasteiger partial charge in [-0.05, 0) is 54.1 Å². The molecule has 1 aliphatic rings. The van der Waals surface area contributed by atoms with Crippen molar-refractivity contribution in [2.45, 2.75) is 12.2 Å². The maximum Gasteiger partial charge on any atom is 0.416 e. The second-order valence-corrected chi connectivity index (χ2v) is 8.77. The smallest absolute Gasteiger partial charge is 0.341 e. The Hall–Kier alpha value is -4.38. The van der Waals surface area contributed by atoms with Gasteiger partial charge in [0.25, 0.3) is 11.8 Å². The molecule has 38 heavy (non-hydrogen) atoms. The number of carbonyl (C=O) groups excluding carboxylic acids is 2. The van der Waals surface area contributed by atoms with Crippen LogP contribution in [0.5, 0.6) is 0 Å². The molecule has 2 heterocycles. The van der Waals surface area contributed by atoms with Crippen LogP contribution in [-0.2, 0) is 6.18 Å². The lowest BCUT2D eigenvalue weighted by Gasteiger charge is -2.19. The quantitative estimate of drug-likeness (QED) is 0.301. The minimum absolute atomic E-state index is 0.00727. The van der Waals surface area contributed by atoms with Crippen molar-refractivity contribution < 1.29 is 31.5 Å². The number of alkyl halides is 3. The molecular formula is C26H14ClF5N4O2. The van der Waals surface area contributed by atoms with Gasteiger partial charge in [0.2, 0.25) is 0 Å². The number of nitrogens with zero attached hydrogens (tertiary/aromatic N) is 2. The highest BCUT2D eigenvalue weighted by Gasteiger charge is 2.36. The molecule has 0 bridgehead atoms. The molecule has 1 unspecified atom stereocenters. The predicted molar refractivity (Wildman–Crippen MR) is 128 cm³/mol. The monoisotopic (exact) mass is 544 g/mol. The van der Waals surface area contributed by atoms with E-state index in [1.165, 1.54) is 36.9 Å². The summed E-state index contributed by atoms with van der Waals surface area (Å²) in [5.74, 6) is -3.52. The molecule has 5 rings (SSSR count). The first-order valence-corrected chi connectivity index (χ1v) is 11.3. The maximum atomic E-state index is 14.1. The minimum Gasteiger partial charge on any atom is -0.341 e. The summed E-state index contributed by atoms with van der Waals surface area (Å²) >= 11 is 6.28. The molecule has 192 valence electrons. The van der Waals surface area contributed by atoms with Crippen molar-refractivity contribution in [3.05, 3.63) is 112 Å². The van der Waals surface area contributed by atoms with Crippen LogP contribution in [0.3, 0.4) is 0 Å². The summed E-state index contributed by atoms with van der Waals surface area (Å²) in [7, 11) is 0. The molecule has 12 heteroatoms. The second kappa shape index (κ2) is 9.49. The fourth-order valence-corrected chi connectivity index (χ4v) is 4.43. The van der Waals surface area contributed by atoms with Crippen LogP contribution in [0.4, 0.5) is 27.6 Å². The highest BCUT2D eigenvalue weighted by Crippen LogP contribution is 2.42. The largest absolute Gasteiger partial charge is 0.416 e. The first-order chi connectivity index (χ1) is 18.0. The number of benzene rings is 3. The van der Waals surface area contributed by atoms with Crippen molar-refractivity contribution >= 4 is 29.1 Å². The third kappa shape index (κ3) is 4.80. The molecular weight excluding hydrogens is 531 g/mol. The molecule has 1 aromatic heterocycles. The van der Waals surface area contributed by atoms with E-state index in [0.29, 0.717) is 23.3 Å². The van der Waals surface area contributed by atoms with Crippen molar-refractivity contribution in [2.24, 2.45) is 0 Å². The van der Waals surface area contributed by atoms with Gasteiger partial charge in [-0.1, -0.05) is 11.6 Å². The van der Waals surface area contributed by atoms with Crippen LogP contribution in [0.1, 0.15) is 43.4 Å². The third-order valence-electron chi connectivity index (χ3n) is 5.89. The summed E-state index contributed by atoms with van der Waals surface area (Å²) in [5, 5.41) is 5.31. The van der Waals surface area contributed by atoms with Crippen molar-refractivity contribution in [3.63, 3.8) is 0 Å². The number of halogens is 6. The lowest BCUT2D eigenvalue weighted by atomic mass is 9.93. The zero-order chi connectivity index (χ0) is 27.2. The number of aromatic nitrogens is 2. The molecule has 0 spiro atoms. The summed E-state index contributed by atoms with van der Waals surface area (Å²) < 4.78 is 67.7. The van der Waals surface area contributed by atoms with Crippen LogP contribution in [0.2, 0.25) is 5.02 Å². The molecule has 0 saturated heterocycles. The van der Waals surface area contributed by atoms with E-state index in [2.05, 4.69) is 20.6 Å². The summed E-state index contributed by atoms with van der Waals surface area (Å²) in [4.78, 5) is 33.9. The number of anilines is 1. The van der Waals surface area contributed by atoms with E-state index in [4.69, 9.17) is 11.6 Å². The number of amides is 2. The Labute approximate surface area is 216 Å². The van der Waals surface area contributed by atoms with Crippen LogP contribution < -0.4 is 10.6 Å². The Balaban J connectivity index is 1.66. The van der Waals surface area contributed by atoms with Gasteiger partial charge in [-0.15, -0.1) is 0 Å². The van der Waals surface area contributed by atoms with Crippen molar-refractivity contribution in [1.82, 2.24) is 15.3 Å². The highest BCUT2D eigenvalue weighted by atomic mass is 35.5. The number of carbonyl (C=O) groups is 2. The lowest BCUT2D eigenvalue weighted by molar-refractivity contribution is -0.137. The van der Waals surface area contributed by atoms with Crippen molar-refractivity contribution in [2.75, 3.05) is 5.32 Å². The first-order valence-electron chi connectivity index (χ1n) is 10.9. The highest BCUT2D eigenvalue weighted by molar-refractivity contribution is 6.31. The van der Waals surface area contributed by atoms with Crippen molar-refractivity contribution in [1.29, 1.82) is 0 Å². The summed E-state index contributed by atoms with van der Waals surface area (Å²) in [6, 6.07) is 6.96. The van der Waals surface area contributed by atoms with E-state index >= 15 is 0 Å². The number of nitrogens with one attached hydrogen (secondary N) is 2. The van der Waals surface area contributed by atoms with Gasteiger partial charge in [-0.3, -0.25) is 9.59 Å². The fourth-order valence-electron chi connectivity index (χ4n) is 4.20. The fraction of sp³-hybridized carbons (Fsp3) is 0.0769. The Morgan fingerprint density at radius 1 is 0.947 bits per heavy atom. The van der Waals surface area contributed by atoms with E-state index in [1.807, 2.05) is 0 Å². The average Bonchev–Trinajstić information content (AvgIpc) is 3.21. The van der Waals surface area contributed by atoms with E-state index in [9.17, 15) is 31.5 Å². The van der Waals surface area contributed by atoms with Gasteiger partial charge in [-0.2, -0.15) is 13.2 Å². The van der Waals surface area contributed by atoms with Crippen LogP contribution in [-0.4, -0.2) is 21.8 Å². The summed E-state index contributed by atoms with van der Waals surface area (Å²) in [6.45, 7) is 0. The number of rotatable bonds is 4. The lowest BCUT2D eigenvalue weighted by Crippen LogP contribution is -2.21. The van der Waals surface area contributed by atoms with Gasteiger partial charge in [0, 0.05) is 50.9 Å². The van der Waals surface area contributed by atoms with Crippen LogP contribution in [0, 0.1) is 11.6 Å². The molecule has 1 aliphatic heterocycles. The average molecular weight is 545 g/mol. The van der Waals surface area contributed by atoms with E-state index in [-0.39, 0.29) is 33.5 Å². The molecule has 3 aromatic carbocycles.